The molecule has 1 N–H and O–H groups in total. The first kappa shape index (κ1) is 11.4. The SMILES string of the molecule is O=C1c2ccccc2C(=O)C2CC(CO)=CCC12. The molecule has 1 aromatic carbocycles. The quantitative estimate of drug-likeness (QED) is 0.766. The molecule has 0 spiro atoms. The highest BCUT2D eigenvalue weighted by Crippen LogP contribution is 2.39. The highest BCUT2D eigenvalue weighted by Gasteiger charge is 2.42. The van der Waals surface area contributed by atoms with E-state index in [0.717, 1.165) is 5.57 Å². The Morgan fingerprint density at radius 2 is 1.67 bits per heavy atom. The Balaban J connectivity index is 2.06. The van der Waals surface area contributed by atoms with Crippen LogP contribution in [-0.4, -0.2) is 23.3 Å². The van der Waals surface area contributed by atoms with Crippen LogP contribution in [-0.2, 0) is 0 Å². The summed E-state index contributed by atoms with van der Waals surface area (Å²) in [5.41, 5.74) is 1.98. The van der Waals surface area contributed by atoms with Crippen molar-refractivity contribution < 1.29 is 14.7 Å². The maximum Gasteiger partial charge on any atom is 0.167 e. The number of aliphatic hydroxyl groups is 1. The van der Waals surface area contributed by atoms with Gasteiger partial charge in [0, 0.05) is 23.0 Å². The first-order chi connectivity index (χ1) is 8.72. The Labute approximate surface area is 105 Å². The van der Waals surface area contributed by atoms with Crippen LogP contribution < -0.4 is 0 Å². The molecule has 0 aliphatic heterocycles. The maximum atomic E-state index is 12.4. The van der Waals surface area contributed by atoms with Gasteiger partial charge in [0.05, 0.1) is 6.61 Å². The van der Waals surface area contributed by atoms with Gasteiger partial charge in [0.15, 0.2) is 11.6 Å². The smallest absolute Gasteiger partial charge is 0.167 e. The first-order valence-corrected chi connectivity index (χ1v) is 6.18. The molecular formula is C15H14O3. The fraction of sp³-hybridized carbons (Fsp3) is 0.333. The van der Waals surface area contributed by atoms with Crippen molar-refractivity contribution in [1.29, 1.82) is 0 Å². The fourth-order valence-electron chi connectivity index (χ4n) is 2.97. The molecule has 3 nitrogen and oxygen atoms in total. The molecule has 0 aromatic heterocycles. The average molecular weight is 242 g/mol. The van der Waals surface area contributed by atoms with Crippen LogP contribution in [0.2, 0.25) is 0 Å². The lowest BCUT2D eigenvalue weighted by atomic mass is 9.68. The van der Waals surface area contributed by atoms with Crippen LogP contribution in [0.3, 0.4) is 0 Å². The minimum atomic E-state index is -0.278. The summed E-state index contributed by atoms with van der Waals surface area (Å²) in [7, 11) is 0. The van der Waals surface area contributed by atoms with Crippen LogP contribution >= 0.6 is 0 Å². The van der Waals surface area contributed by atoms with Crippen molar-refractivity contribution in [3.8, 4) is 0 Å². The van der Waals surface area contributed by atoms with Crippen molar-refractivity contribution in [2.75, 3.05) is 6.61 Å². The van der Waals surface area contributed by atoms with Gasteiger partial charge in [-0.2, -0.15) is 0 Å². The number of carbonyl (C=O) groups excluding carboxylic acids is 2. The fourth-order valence-corrected chi connectivity index (χ4v) is 2.97. The normalized spacial score (nSPS) is 26.4. The zero-order valence-electron chi connectivity index (χ0n) is 9.93. The van der Waals surface area contributed by atoms with Gasteiger partial charge in [0.25, 0.3) is 0 Å². The molecule has 2 unspecified atom stereocenters. The molecule has 0 saturated carbocycles. The molecule has 3 rings (SSSR count). The second-order valence-corrected chi connectivity index (χ2v) is 4.95. The van der Waals surface area contributed by atoms with E-state index in [2.05, 4.69) is 0 Å². The lowest BCUT2D eigenvalue weighted by molar-refractivity contribution is 0.0721. The predicted octanol–water partition coefficient (Wildman–Crippen LogP) is 2.01. The zero-order chi connectivity index (χ0) is 12.7. The van der Waals surface area contributed by atoms with E-state index < -0.39 is 0 Å². The minimum Gasteiger partial charge on any atom is -0.392 e. The molecule has 92 valence electrons. The van der Waals surface area contributed by atoms with E-state index >= 15 is 0 Å². The number of benzene rings is 1. The average Bonchev–Trinajstić information content (AvgIpc) is 2.44. The number of Topliss-reactive ketones (excluding diaryl/α,β-unsaturated/α-hetero) is 2. The Kier molecular flexibility index (Phi) is 2.63. The Morgan fingerprint density at radius 1 is 1.06 bits per heavy atom. The summed E-state index contributed by atoms with van der Waals surface area (Å²) in [4.78, 5) is 24.7. The van der Waals surface area contributed by atoms with E-state index in [1.54, 1.807) is 24.3 Å². The van der Waals surface area contributed by atoms with Gasteiger partial charge >= 0.3 is 0 Å². The zero-order valence-corrected chi connectivity index (χ0v) is 9.93. The van der Waals surface area contributed by atoms with Gasteiger partial charge in [-0.15, -0.1) is 0 Å². The Morgan fingerprint density at radius 3 is 2.28 bits per heavy atom. The summed E-state index contributed by atoms with van der Waals surface area (Å²) >= 11 is 0. The molecule has 2 aliphatic carbocycles. The van der Waals surface area contributed by atoms with Gasteiger partial charge in [-0.3, -0.25) is 9.59 Å². The third-order valence-corrected chi connectivity index (χ3v) is 3.96. The van der Waals surface area contributed by atoms with Crippen LogP contribution in [0.4, 0.5) is 0 Å². The number of ketones is 2. The summed E-state index contributed by atoms with van der Waals surface area (Å²) in [6.07, 6.45) is 2.99. The van der Waals surface area contributed by atoms with Gasteiger partial charge in [-0.25, -0.2) is 0 Å². The molecule has 1 aromatic rings. The lowest BCUT2D eigenvalue weighted by Crippen LogP contribution is -2.38. The van der Waals surface area contributed by atoms with E-state index in [0.29, 0.717) is 24.0 Å². The van der Waals surface area contributed by atoms with Crippen molar-refractivity contribution in [3.05, 3.63) is 47.0 Å². The second-order valence-electron chi connectivity index (χ2n) is 4.95. The molecule has 3 heteroatoms. The molecule has 0 heterocycles. The molecular weight excluding hydrogens is 228 g/mol. The molecule has 2 aliphatic rings. The summed E-state index contributed by atoms with van der Waals surface area (Å²) in [6, 6.07) is 7.04. The largest absolute Gasteiger partial charge is 0.392 e. The number of aliphatic hydroxyl groups excluding tert-OH is 1. The molecule has 0 amide bonds. The standard InChI is InChI=1S/C15H14O3/c16-8-9-5-6-12-13(7-9)15(18)11-4-2-1-3-10(11)14(12)17/h1-5,12-13,16H,6-8H2. The van der Waals surface area contributed by atoms with Crippen LogP contribution in [0.5, 0.6) is 0 Å². The van der Waals surface area contributed by atoms with Gasteiger partial charge in [-0.1, -0.05) is 30.3 Å². The number of rotatable bonds is 1. The van der Waals surface area contributed by atoms with Crippen molar-refractivity contribution in [2.24, 2.45) is 11.8 Å². The van der Waals surface area contributed by atoms with Gasteiger partial charge in [-0.05, 0) is 18.4 Å². The number of carbonyl (C=O) groups is 2. The van der Waals surface area contributed by atoms with Gasteiger partial charge in [0.1, 0.15) is 0 Å². The summed E-state index contributed by atoms with van der Waals surface area (Å²) in [5.74, 6) is -0.389. The van der Waals surface area contributed by atoms with E-state index in [1.165, 1.54) is 0 Å². The van der Waals surface area contributed by atoms with Crippen molar-refractivity contribution in [3.63, 3.8) is 0 Å². The number of fused-ring (bicyclic) bond motifs is 2. The highest BCUT2D eigenvalue weighted by molar-refractivity contribution is 6.16. The van der Waals surface area contributed by atoms with E-state index in [4.69, 9.17) is 5.11 Å². The van der Waals surface area contributed by atoms with Crippen LogP contribution in [0, 0.1) is 11.8 Å². The lowest BCUT2D eigenvalue weighted by Gasteiger charge is -2.33. The van der Waals surface area contributed by atoms with Crippen LogP contribution in [0.25, 0.3) is 0 Å². The van der Waals surface area contributed by atoms with Crippen molar-refractivity contribution in [1.82, 2.24) is 0 Å². The van der Waals surface area contributed by atoms with E-state index in [9.17, 15) is 9.59 Å². The topological polar surface area (TPSA) is 54.4 Å². The molecule has 0 radical (unpaired) electrons. The second kappa shape index (κ2) is 4.18. The molecule has 0 saturated heterocycles. The number of hydrogen-bond donors (Lipinski definition) is 1. The Bertz CT molecular complexity index is 557. The number of hydrogen-bond acceptors (Lipinski definition) is 3. The summed E-state index contributed by atoms with van der Waals surface area (Å²) in [5, 5.41) is 9.16. The molecule has 2 atom stereocenters. The summed E-state index contributed by atoms with van der Waals surface area (Å²) in [6.45, 7) is -0.0215. The van der Waals surface area contributed by atoms with Gasteiger partial charge < -0.3 is 5.11 Å². The predicted molar refractivity (Wildman–Crippen MR) is 66.5 cm³/mol. The summed E-state index contributed by atoms with van der Waals surface area (Å²) < 4.78 is 0. The maximum absolute atomic E-state index is 12.4. The monoisotopic (exact) mass is 242 g/mol. The third-order valence-electron chi connectivity index (χ3n) is 3.96. The molecule has 0 bridgehead atoms. The van der Waals surface area contributed by atoms with Crippen molar-refractivity contribution in [2.45, 2.75) is 12.8 Å². The molecule has 0 fully saturated rings. The van der Waals surface area contributed by atoms with Crippen molar-refractivity contribution >= 4 is 11.6 Å². The molecule has 18 heavy (non-hydrogen) atoms. The highest BCUT2D eigenvalue weighted by atomic mass is 16.3. The minimum absolute atomic E-state index is 0.0215. The van der Waals surface area contributed by atoms with Crippen LogP contribution in [0.15, 0.2) is 35.9 Å². The third kappa shape index (κ3) is 1.55. The van der Waals surface area contributed by atoms with Crippen LogP contribution in [0.1, 0.15) is 33.6 Å². The van der Waals surface area contributed by atoms with E-state index in [-0.39, 0.29) is 30.0 Å². The Hall–Kier alpha value is -1.74. The van der Waals surface area contributed by atoms with Gasteiger partial charge in [0.2, 0.25) is 0 Å². The van der Waals surface area contributed by atoms with E-state index in [1.807, 2.05) is 6.08 Å². The number of allylic oxidation sites excluding steroid dienone is 1. The first-order valence-electron chi connectivity index (χ1n) is 6.18.